The summed E-state index contributed by atoms with van der Waals surface area (Å²) >= 11 is 6.35. The van der Waals surface area contributed by atoms with Gasteiger partial charge in [-0.3, -0.25) is 33.8 Å². The minimum absolute atomic E-state index is 0.0126. The van der Waals surface area contributed by atoms with Crippen LogP contribution in [0.4, 0.5) is 16.2 Å². The van der Waals surface area contributed by atoms with Crippen molar-refractivity contribution >= 4 is 58.5 Å². The predicted octanol–water partition coefficient (Wildman–Crippen LogP) is 6.92. The Morgan fingerprint density at radius 1 is 0.800 bits per heavy atom. The molecule has 8 rings (SSSR count). The van der Waals surface area contributed by atoms with Gasteiger partial charge in [0.05, 0.1) is 23.3 Å². The van der Waals surface area contributed by atoms with Crippen molar-refractivity contribution < 1.29 is 43.0 Å². The monoisotopic (exact) mass is 905 g/mol. The van der Waals surface area contributed by atoms with Crippen molar-refractivity contribution in [2.24, 2.45) is 22.7 Å². The zero-order chi connectivity index (χ0) is 46.4. The Hall–Kier alpha value is -5.91. The van der Waals surface area contributed by atoms with Gasteiger partial charge in [0, 0.05) is 98.1 Å². The molecule has 4 amide bonds. The molecule has 0 bridgehead atoms. The number of ether oxygens (including phenoxy) is 3. The number of halogens is 1. The van der Waals surface area contributed by atoms with Crippen LogP contribution in [0.25, 0.3) is 0 Å². The maximum Gasteiger partial charge on any atom is 0.509 e. The molecule has 3 aromatic rings. The largest absolute Gasteiger partial charge is 0.509 e. The number of rotatable bonds is 12. The fraction of sp³-hybridized carbons (Fsp3) is 0.480. The molecule has 0 spiro atoms. The number of likely N-dealkylation sites (tertiary alicyclic amines) is 1. The molecule has 3 aromatic carbocycles. The van der Waals surface area contributed by atoms with E-state index in [1.54, 1.807) is 24.3 Å². The van der Waals surface area contributed by atoms with E-state index in [2.05, 4.69) is 65.2 Å². The Morgan fingerprint density at radius 2 is 1.45 bits per heavy atom. The molecule has 4 heterocycles. The highest BCUT2D eigenvalue weighted by Gasteiger charge is 2.63. The number of benzene rings is 3. The van der Waals surface area contributed by atoms with E-state index in [4.69, 9.17) is 27.5 Å². The summed E-state index contributed by atoms with van der Waals surface area (Å²) in [5, 5.41) is 0.484. The van der Waals surface area contributed by atoms with E-state index in [9.17, 15) is 28.8 Å². The number of nitrogens with zero attached hydrogens (tertiary/aromatic N) is 5. The second kappa shape index (κ2) is 18.2. The molecule has 0 aromatic heterocycles. The number of amides is 4. The number of fused-ring (bicyclic) bond motifs is 1. The highest BCUT2D eigenvalue weighted by Crippen LogP contribution is 2.62. The zero-order valence-corrected chi connectivity index (χ0v) is 38.4. The number of piperidine rings is 2. The summed E-state index contributed by atoms with van der Waals surface area (Å²) in [4.78, 5) is 86.8. The molecule has 1 saturated carbocycles. The SMILES string of the molecule is C#Cc1ccc(OC2C(C)(C)C(CC(=O)c3ccc(N4CCC(CN5CCN(c6ccc7c(c6)C(=O)N(C6CCC(=O)N(COC(=O)OC)C6=O)C7=O)CC5)CC4)cc3)C2(C)C)cc1Cl. The molecule has 1 aliphatic carbocycles. The summed E-state index contributed by atoms with van der Waals surface area (Å²) in [6.07, 6.45) is 6.85. The number of hydrogen-bond donors (Lipinski definition) is 0. The lowest BCUT2D eigenvalue weighted by Gasteiger charge is -2.63. The lowest BCUT2D eigenvalue weighted by Crippen LogP contribution is -2.66. The minimum Gasteiger partial charge on any atom is -0.489 e. The van der Waals surface area contributed by atoms with Crippen molar-refractivity contribution in [2.75, 3.05) is 69.5 Å². The van der Waals surface area contributed by atoms with Gasteiger partial charge in [0.1, 0.15) is 17.9 Å². The first-order chi connectivity index (χ1) is 31.0. The van der Waals surface area contributed by atoms with Crippen LogP contribution in [0.3, 0.4) is 0 Å². The van der Waals surface area contributed by atoms with Gasteiger partial charge < -0.3 is 24.0 Å². The Kier molecular flexibility index (Phi) is 12.8. The molecule has 342 valence electrons. The molecule has 0 radical (unpaired) electrons. The molecule has 65 heavy (non-hydrogen) atoms. The van der Waals surface area contributed by atoms with Crippen molar-refractivity contribution in [2.45, 2.75) is 71.9 Å². The van der Waals surface area contributed by atoms with E-state index in [1.807, 2.05) is 24.3 Å². The highest BCUT2D eigenvalue weighted by molar-refractivity contribution is 6.31. The fourth-order valence-corrected chi connectivity index (χ4v) is 11.3. The molecule has 1 atom stereocenters. The third-order valence-corrected chi connectivity index (χ3v) is 14.8. The van der Waals surface area contributed by atoms with Crippen molar-refractivity contribution in [1.29, 1.82) is 0 Å². The molecule has 14 nitrogen and oxygen atoms in total. The van der Waals surface area contributed by atoms with Crippen molar-refractivity contribution in [3.05, 3.63) is 87.9 Å². The van der Waals surface area contributed by atoms with E-state index in [0.29, 0.717) is 28.7 Å². The fourth-order valence-electron chi connectivity index (χ4n) is 11.0. The van der Waals surface area contributed by atoms with E-state index in [-0.39, 0.29) is 52.6 Å². The third kappa shape index (κ3) is 8.80. The van der Waals surface area contributed by atoms with Gasteiger partial charge in [-0.25, -0.2) is 9.69 Å². The number of carbonyl (C=O) groups excluding carboxylic acids is 6. The quantitative estimate of drug-likeness (QED) is 0.0806. The zero-order valence-electron chi connectivity index (χ0n) is 37.6. The highest BCUT2D eigenvalue weighted by atomic mass is 35.5. The maximum atomic E-state index is 13.7. The molecular weight excluding hydrogens is 850 g/mol. The van der Waals surface area contributed by atoms with E-state index in [0.717, 1.165) is 92.5 Å². The number of hydrogen-bond acceptors (Lipinski definition) is 12. The Balaban J connectivity index is 0.788. The average molecular weight is 906 g/mol. The number of anilines is 2. The summed E-state index contributed by atoms with van der Waals surface area (Å²) in [6.45, 7) is 14.1. The van der Waals surface area contributed by atoms with Crippen molar-refractivity contribution in [1.82, 2.24) is 14.7 Å². The summed E-state index contributed by atoms with van der Waals surface area (Å²) in [6, 6.07) is 17.5. The first-order valence-electron chi connectivity index (χ1n) is 22.4. The van der Waals surface area contributed by atoms with Crippen LogP contribution in [-0.2, 0) is 19.1 Å². The van der Waals surface area contributed by atoms with Gasteiger partial charge in [-0.1, -0.05) is 45.2 Å². The number of piperazine rings is 1. The maximum absolute atomic E-state index is 13.7. The lowest BCUT2D eigenvalue weighted by atomic mass is 9.44. The summed E-state index contributed by atoms with van der Waals surface area (Å²) < 4.78 is 15.7. The van der Waals surface area contributed by atoms with Crippen LogP contribution in [0.2, 0.25) is 5.02 Å². The molecule has 3 saturated heterocycles. The number of ketones is 1. The van der Waals surface area contributed by atoms with Crippen molar-refractivity contribution in [3.63, 3.8) is 0 Å². The summed E-state index contributed by atoms with van der Waals surface area (Å²) in [5.41, 5.74) is 3.29. The number of imide groups is 2. The average Bonchev–Trinajstić information content (AvgIpc) is 3.55. The third-order valence-electron chi connectivity index (χ3n) is 14.5. The van der Waals surface area contributed by atoms with Crippen LogP contribution in [0, 0.1) is 35.0 Å². The molecule has 4 aliphatic heterocycles. The second-order valence-corrected chi connectivity index (χ2v) is 19.4. The first kappa shape index (κ1) is 45.7. The van der Waals surface area contributed by atoms with Gasteiger partial charge in [0.15, 0.2) is 12.5 Å². The molecule has 4 fully saturated rings. The predicted molar refractivity (Wildman–Crippen MR) is 244 cm³/mol. The first-order valence-corrected chi connectivity index (χ1v) is 22.7. The Labute approximate surface area is 385 Å². The van der Waals surface area contributed by atoms with Crippen LogP contribution in [0.1, 0.15) is 96.4 Å². The van der Waals surface area contributed by atoms with Gasteiger partial charge >= 0.3 is 6.16 Å². The normalized spacial score (nSPS) is 23.2. The van der Waals surface area contributed by atoms with E-state index in [1.165, 1.54) is 0 Å². The van der Waals surface area contributed by atoms with Crippen LogP contribution in [0.15, 0.2) is 60.7 Å². The standard InChI is InChI=1S/C50H56ClN5O9/c1-7-32-10-14-36(27-39(32)51)65-47-49(2,3)42(50(47,4)5)28-41(57)33-8-11-34(12-9-33)53-20-18-31(19-21-53)29-52-22-24-54(25-23-52)35-13-15-37-38(26-35)45(60)56(44(37)59)40-16-17-43(58)55(46(40)61)30-64-48(62)63-6/h1,8-15,26-27,31,40,42,47H,16-25,28-30H2,2-6H3. The number of methoxy groups -OCH3 is 1. The van der Waals surface area contributed by atoms with E-state index >= 15 is 0 Å². The van der Waals surface area contributed by atoms with Gasteiger partial charge in [0.25, 0.3) is 17.7 Å². The van der Waals surface area contributed by atoms with E-state index < -0.39 is 42.6 Å². The minimum atomic E-state index is -1.19. The van der Waals surface area contributed by atoms with Crippen LogP contribution in [-0.4, -0.2) is 122 Å². The smallest absolute Gasteiger partial charge is 0.489 e. The topological polar surface area (TPSA) is 146 Å². The number of carbonyl (C=O) groups is 6. The molecule has 1 unspecified atom stereocenters. The Morgan fingerprint density at radius 3 is 2.09 bits per heavy atom. The van der Waals surface area contributed by atoms with Gasteiger partial charge in [0.2, 0.25) is 5.91 Å². The molecule has 5 aliphatic rings. The van der Waals surface area contributed by atoms with Crippen molar-refractivity contribution in [3.8, 4) is 18.1 Å². The lowest BCUT2D eigenvalue weighted by molar-refractivity contribution is -0.196. The molecular formula is C50H56ClN5O9. The van der Waals surface area contributed by atoms with Crippen LogP contribution < -0.4 is 14.5 Å². The van der Waals surface area contributed by atoms with Crippen LogP contribution in [0.5, 0.6) is 5.75 Å². The summed E-state index contributed by atoms with van der Waals surface area (Å²) in [7, 11) is 1.10. The van der Waals surface area contributed by atoms with Gasteiger partial charge in [-0.05, 0) is 85.7 Å². The Bertz CT molecular complexity index is 2410. The van der Waals surface area contributed by atoms with Gasteiger partial charge in [-0.2, -0.15) is 0 Å². The molecule has 15 heteroatoms. The number of terminal acetylenes is 1. The van der Waals surface area contributed by atoms with Crippen LogP contribution >= 0.6 is 11.6 Å². The number of Topliss-reactive ketones (excluding diaryl/α,β-unsaturated/α-hetero) is 1. The van der Waals surface area contributed by atoms with Gasteiger partial charge in [-0.15, -0.1) is 6.42 Å². The summed E-state index contributed by atoms with van der Waals surface area (Å²) in [5.74, 6) is 1.56. The second-order valence-electron chi connectivity index (χ2n) is 19.0. The molecule has 0 N–H and O–H groups in total.